The quantitative estimate of drug-likeness (QED) is 0.147. The van der Waals surface area contributed by atoms with Crippen molar-refractivity contribution in [2.75, 3.05) is 27.1 Å². The second-order valence-corrected chi connectivity index (χ2v) is 10.1. The summed E-state index contributed by atoms with van der Waals surface area (Å²) in [6.45, 7) is 6.96. The van der Waals surface area contributed by atoms with Gasteiger partial charge >= 0.3 is 17.9 Å². The number of benzene rings is 3. The molecule has 0 bridgehead atoms. The molecule has 0 amide bonds. The Bertz CT molecular complexity index is 1800. The maximum atomic E-state index is 11.3. The first-order valence-electron chi connectivity index (χ1n) is 14.4. The van der Waals surface area contributed by atoms with Gasteiger partial charge in [-0.2, -0.15) is 0 Å². The lowest BCUT2D eigenvalue weighted by molar-refractivity contribution is -0.134. The van der Waals surface area contributed by atoms with E-state index in [0.29, 0.717) is 22.4 Å². The van der Waals surface area contributed by atoms with Crippen molar-refractivity contribution < 1.29 is 39.9 Å². The number of ether oxygens (including phenoxy) is 3. The van der Waals surface area contributed by atoms with Crippen LogP contribution in [0.3, 0.4) is 0 Å². The van der Waals surface area contributed by atoms with E-state index in [1.54, 1.807) is 36.4 Å². The normalized spacial score (nSPS) is 9.98. The first-order chi connectivity index (χ1) is 22.2. The average Bonchev–Trinajstić information content (AvgIpc) is 3.51. The van der Waals surface area contributed by atoms with E-state index in [9.17, 15) is 14.4 Å². The monoisotopic (exact) mass is 649 g/mol. The molecule has 5 aromatic rings. The van der Waals surface area contributed by atoms with Crippen LogP contribution >= 0.6 is 0 Å². The molecule has 0 atom stereocenters. The molecule has 0 radical (unpaired) electrons. The Hall–Kier alpha value is -5.72. The number of methoxy groups -OCH3 is 3. The third-order valence-electron chi connectivity index (χ3n) is 7.00. The molecule has 0 spiro atoms. The van der Waals surface area contributed by atoms with Crippen LogP contribution in [0.1, 0.15) is 63.6 Å². The van der Waals surface area contributed by atoms with Gasteiger partial charge in [-0.25, -0.2) is 24.4 Å². The van der Waals surface area contributed by atoms with Crippen molar-refractivity contribution in [3.63, 3.8) is 0 Å². The number of nitrogen functional groups attached to an aromatic ring is 1. The van der Waals surface area contributed by atoms with E-state index in [1.807, 2.05) is 62.2 Å². The number of fused-ring (bicyclic) bond motifs is 2. The van der Waals surface area contributed by atoms with E-state index >= 15 is 0 Å². The molecule has 0 saturated carbocycles. The molecule has 2 aromatic heterocycles. The summed E-state index contributed by atoms with van der Waals surface area (Å²) in [6, 6.07) is 15.9. The van der Waals surface area contributed by atoms with Crippen LogP contribution in [0.5, 0.6) is 0 Å². The predicted octanol–water partition coefficient (Wildman–Crippen LogP) is 5.29. The molecule has 3 aromatic carbocycles. The highest BCUT2D eigenvalue weighted by molar-refractivity contribution is 5.94. The van der Waals surface area contributed by atoms with E-state index in [2.05, 4.69) is 24.2 Å². The molecule has 47 heavy (non-hydrogen) atoms. The largest absolute Gasteiger partial charge is 0.481 e. The molecular formula is C34H43N5O8. The number of hydrogen-bond acceptors (Lipinski definition) is 10. The number of rotatable bonds is 4. The fourth-order valence-corrected chi connectivity index (χ4v) is 4.29. The number of hydrogen-bond donors (Lipinski definition) is 2. The fraction of sp³-hybridized carbons (Fsp3) is 0.294. The zero-order valence-corrected chi connectivity index (χ0v) is 28.1. The number of imidazole rings is 2. The summed E-state index contributed by atoms with van der Waals surface area (Å²) >= 11 is 0. The van der Waals surface area contributed by atoms with Crippen molar-refractivity contribution in [1.29, 1.82) is 0 Å². The second-order valence-electron chi connectivity index (χ2n) is 10.1. The van der Waals surface area contributed by atoms with E-state index in [0.717, 1.165) is 52.6 Å². The Labute approximate surface area is 274 Å². The number of nitrogens with zero attached hydrogens (tertiary/aromatic N) is 4. The lowest BCUT2D eigenvalue weighted by Gasteiger charge is -2.04. The van der Waals surface area contributed by atoms with Gasteiger partial charge in [0.15, 0.2) is 0 Å². The van der Waals surface area contributed by atoms with Crippen molar-refractivity contribution in [3.8, 4) is 0 Å². The summed E-state index contributed by atoms with van der Waals surface area (Å²) in [5, 5.41) is 7.42. The summed E-state index contributed by atoms with van der Waals surface area (Å²) in [5.41, 5.74) is 12.6. The predicted molar refractivity (Wildman–Crippen MR) is 181 cm³/mol. The van der Waals surface area contributed by atoms with Crippen molar-refractivity contribution >= 4 is 51.6 Å². The number of carboxylic acids is 1. The maximum absolute atomic E-state index is 11.3. The Morgan fingerprint density at radius 1 is 0.723 bits per heavy atom. The van der Waals surface area contributed by atoms with Gasteiger partial charge in [-0.1, -0.05) is 13.0 Å². The third-order valence-corrected chi connectivity index (χ3v) is 7.00. The van der Waals surface area contributed by atoms with Crippen molar-refractivity contribution in [2.45, 2.75) is 34.1 Å². The van der Waals surface area contributed by atoms with Crippen LogP contribution in [0.4, 0.5) is 5.69 Å². The van der Waals surface area contributed by atoms with E-state index in [1.165, 1.54) is 21.3 Å². The average molecular weight is 650 g/mol. The molecule has 0 saturated heterocycles. The molecule has 0 aliphatic heterocycles. The van der Waals surface area contributed by atoms with Crippen LogP contribution in [0, 0.1) is 13.8 Å². The van der Waals surface area contributed by atoms with Crippen LogP contribution in [0.15, 0.2) is 54.6 Å². The SMILES string of the molecule is CC(=O)O.CCc1ccc(C(=O)OC)cc1N.COC(=O)c1ccc2c(c1)nc(C)n2C.COC(=O)c1ccc2c(c1)nc(C)n2C.[HH]. The highest BCUT2D eigenvalue weighted by atomic mass is 16.5. The Morgan fingerprint density at radius 2 is 1.06 bits per heavy atom. The van der Waals surface area contributed by atoms with Crippen molar-refractivity contribution in [1.82, 2.24) is 19.1 Å². The maximum Gasteiger partial charge on any atom is 0.337 e. The minimum absolute atomic E-state index is 0. The second kappa shape index (κ2) is 17.1. The molecule has 5 rings (SSSR count). The van der Waals surface area contributed by atoms with Crippen molar-refractivity contribution in [2.24, 2.45) is 14.1 Å². The molecule has 0 aliphatic rings. The highest BCUT2D eigenvalue weighted by Crippen LogP contribution is 2.18. The smallest absolute Gasteiger partial charge is 0.337 e. The topological polar surface area (TPSA) is 178 Å². The highest BCUT2D eigenvalue weighted by Gasteiger charge is 2.11. The first-order valence-corrected chi connectivity index (χ1v) is 14.4. The van der Waals surface area contributed by atoms with Crippen molar-refractivity contribution in [3.05, 3.63) is 88.5 Å². The van der Waals surface area contributed by atoms with Gasteiger partial charge in [-0.15, -0.1) is 0 Å². The summed E-state index contributed by atoms with van der Waals surface area (Å²) in [4.78, 5) is 51.4. The molecule has 3 N–H and O–H groups in total. The molecule has 0 unspecified atom stereocenters. The summed E-state index contributed by atoms with van der Waals surface area (Å²) < 4.78 is 17.8. The third kappa shape index (κ3) is 9.88. The number of anilines is 1. The lowest BCUT2D eigenvalue weighted by atomic mass is 10.1. The molecule has 0 aliphatic carbocycles. The van der Waals surface area contributed by atoms with Crippen LogP contribution in [-0.4, -0.2) is 69.4 Å². The number of aromatic nitrogens is 4. The molecule has 13 heteroatoms. The van der Waals surface area contributed by atoms with Gasteiger partial charge in [0.1, 0.15) is 11.6 Å². The molecule has 0 fully saturated rings. The number of esters is 3. The molecule has 2 heterocycles. The van der Waals surface area contributed by atoms with E-state index in [4.69, 9.17) is 15.6 Å². The van der Waals surface area contributed by atoms with Gasteiger partial charge in [0.25, 0.3) is 5.97 Å². The van der Waals surface area contributed by atoms with Crippen LogP contribution in [-0.2, 0) is 39.5 Å². The van der Waals surface area contributed by atoms with Gasteiger partial charge in [-0.3, -0.25) is 4.79 Å². The lowest BCUT2D eigenvalue weighted by Crippen LogP contribution is -2.03. The van der Waals surface area contributed by atoms with Gasteiger partial charge < -0.3 is 34.2 Å². The zero-order chi connectivity index (χ0) is 35.4. The number of aliphatic carboxylic acids is 1. The van der Waals surface area contributed by atoms with Gasteiger partial charge in [0, 0.05) is 28.1 Å². The number of carbonyl (C=O) groups is 4. The Balaban J connectivity index is 0.000000338. The number of aryl methyl sites for hydroxylation is 5. The summed E-state index contributed by atoms with van der Waals surface area (Å²) in [6.07, 6.45) is 0.868. The summed E-state index contributed by atoms with van der Waals surface area (Å²) in [7, 11) is 7.99. The molecule has 252 valence electrons. The number of carbonyl (C=O) groups excluding carboxylic acids is 3. The zero-order valence-electron chi connectivity index (χ0n) is 28.1. The minimum Gasteiger partial charge on any atom is -0.481 e. The first kappa shape index (κ1) is 37.5. The Morgan fingerprint density at radius 3 is 1.38 bits per heavy atom. The number of nitrogens with two attached hydrogens (primary N) is 1. The minimum atomic E-state index is -0.833. The fourth-order valence-electron chi connectivity index (χ4n) is 4.29. The number of carboxylic acid groups (broad SMARTS) is 1. The van der Waals surface area contributed by atoms with Gasteiger partial charge in [0.05, 0.1) is 60.1 Å². The summed E-state index contributed by atoms with van der Waals surface area (Å²) in [5.74, 6) is -0.00574. The standard InChI is InChI=1S/2C11H12N2O2.C10H13NO2.C2H4O2.H2/c2*1-7-12-9-6-8(11(14)15-3)4-5-10(9)13(7)2;1-3-7-4-5-8(6-9(7)11)10(12)13-2;1-2(3)4;/h2*4-6H,1-3H3;4-6H,3,11H2,1-2H3;1H3,(H,3,4);1H. The van der Waals surface area contributed by atoms with Crippen LogP contribution in [0.2, 0.25) is 0 Å². The Kier molecular flexibility index (Phi) is 13.6. The van der Waals surface area contributed by atoms with E-state index in [-0.39, 0.29) is 19.3 Å². The van der Waals surface area contributed by atoms with Crippen LogP contribution in [0.25, 0.3) is 22.1 Å². The van der Waals surface area contributed by atoms with E-state index < -0.39 is 5.97 Å². The molecular weight excluding hydrogens is 606 g/mol. The van der Waals surface area contributed by atoms with Gasteiger partial charge in [0.2, 0.25) is 0 Å². The van der Waals surface area contributed by atoms with Gasteiger partial charge in [-0.05, 0) is 74.4 Å². The molecule has 13 nitrogen and oxygen atoms in total. The van der Waals surface area contributed by atoms with Crippen LogP contribution < -0.4 is 5.73 Å².